The number of aryl methyl sites for hydroxylation is 1. The third-order valence-corrected chi connectivity index (χ3v) is 5.62. The predicted molar refractivity (Wildman–Crippen MR) is 97.6 cm³/mol. The van der Waals surface area contributed by atoms with E-state index in [1.54, 1.807) is 36.7 Å². The van der Waals surface area contributed by atoms with Gasteiger partial charge in [-0.1, -0.05) is 22.7 Å². The molecule has 0 fully saturated rings. The Labute approximate surface area is 155 Å². The van der Waals surface area contributed by atoms with E-state index in [1.807, 2.05) is 0 Å². The summed E-state index contributed by atoms with van der Waals surface area (Å²) in [5.74, 6) is -0.957. The van der Waals surface area contributed by atoms with Crippen molar-refractivity contribution >= 4 is 49.8 Å². The number of hydrogen-bond donors (Lipinski definition) is 0. The number of fused-ring (bicyclic) bond motifs is 1. The number of hydrogen-bond acceptors (Lipinski definition) is 7. The van der Waals surface area contributed by atoms with E-state index in [0.717, 1.165) is 21.6 Å². The van der Waals surface area contributed by atoms with Crippen molar-refractivity contribution in [3.05, 3.63) is 55.7 Å². The molecule has 1 aromatic carbocycles. The fraction of sp³-hybridized carbons (Fsp3) is 0.188. The lowest BCUT2D eigenvalue weighted by Crippen LogP contribution is -2.12. The molecule has 0 N–H and O–H groups in total. The first-order valence-electron chi connectivity index (χ1n) is 7.50. The van der Waals surface area contributed by atoms with Crippen LogP contribution in [-0.4, -0.2) is 28.0 Å². The molecule has 0 saturated heterocycles. The number of carbonyl (C=O) groups is 2. The zero-order valence-corrected chi connectivity index (χ0v) is 15.4. The van der Waals surface area contributed by atoms with E-state index >= 15 is 0 Å². The third-order valence-electron chi connectivity index (χ3n) is 3.50. The predicted octanol–water partition coefficient (Wildman–Crippen LogP) is 3.13. The van der Waals surface area contributed by atoms with Gasteiger partial charge in [-0.3, -0.25) is 14.9 Å². The van der Waals surface area contributed by atoms with Crippen molar-refractivity contribution in [1.29, 1.82) is 0 Å². The zero-order valence-electron chi connectivity index (χ0n) is 13.8. The molecule has 1 amide bonds. The Kier molecular flexibility index (Phi) is 4.96. The number of ether oxygens (including phenoxy) is 1. The average molecular weight is 391 g/mol. The molecular formula is C16H13N3O5S2. The first kappa shape index (κ1) is 18.0. The van der Waals surface area contributed by atoms with Crippen molar-refractivity contribution in [3.63, 3.8) is 0 Å². The van der Waals surface area contributed by atoms with Crippen LogP contribution < -0.4 is 4.80 Å². The van der Waals surface area contributed by atoms with E-state index < -0.39 is 16.8 Å². The average Bonchev–Trinajstić information content (AvgIpc) is 3.21. The van der Waals surface area contributed by atoms with E-state index in [9.17, 15) is 19.7 Å². The molecule has 2 heterocycles. The lowest BCUT2D eigenvalue weighted by Gasteiger charge is -2.01. The van der Waals surface area contributed by atoms with Crippen LogP contribution in [-0.2, 0) is 11.8 Å². The number of nitro groups is 1. The molecule has 26 heavy (non-hydrogen) atoms. The Bertz CT molecular complexity index is 1090. The van der Waals surface area contributed by atoms with Crippen molar-refractivity contribution in [3.8, 4) is 0 Å². The topological polar surface area (TPSA) is 104 Å². The van der Waals surface area contributed by atoms with Gasteiger partial charge in [-0.05, 0) is 31.2 Å². The Morgan fingerprint density at radius 1 is 1.27 bits per heavy atom. The molecule has 3 rings (SSSR count). The van der Waals surface area contributed by atoms with Gasteiger partial charge in [-0.25, -0.2) is 4.79 Å². The Morgan fingerprint density at radius 3 is 2.69 bits per heavy atom. The van der Waals surface area contributed by atoms with Crippen LogP contribution in [0.2, 0.25) is 0 Å². The van der Waals surface area contributed by atoms with Crippen molar-refractivity contribution < 1.29 is 19.2 Å². The smallest absolute Gasteiger partial charge is 0.338 e. The first-order chi connectivity index (χ1) is 12.4. The second-order valence-electron chi connectivity index (χ2n) is 5.16. The molecule has 10 heteroatoms. The van der Waals surface area contributed by atoms with Gasteiger partial charge >= 0.3 is 11.0 Å². The molecule has 0 aliphatic heterocycles. The maximum Gasteiger partial charge on any atom is 0.338 e. The number of benzene rings is 1. The molecular weight excluding hydrogens is 378 g/mol. The SMILES string of the molecule is CCOC(=O)c1ccc2c(c1)sc(=NC(=O)c1ccc([N+](=O)[O-])s1)n2C. The van der Waals surface area contributed by atoms with Gasteiger partial charge in [0.1, 0.15) is 4.88 Å². The minimum atomic E-state index is -0.545. The van der Waals surface area contributed by atoms with Gasteiger partial charge in [0, 0.05) is 13.1 Å². The number of carbonyl (C=O) groups excluding carboxylic acids is 2. The van der Waals surface area contributed by atoms with Crippen molar-refractivity contribution in [2.75, 3.05) is 6.61 Å². The van der Waals surface area contributed by atoms with Crippen LogP contribution in [0.15, 0.2) is 35.3 Å². The Balaban J connectivity index is 1.99. The highest BCUT2D eigenvalue weighted by molar-refractivity contribution is 7.17. The molecule has 8 nitrogen and oxygen atoms in total. The van der Waals surface area contributed by atoms with Gasteiger partial charge in [0.15, 0.2) is 4.80 Å². The first-order valence-corrected chi connectivity index (χ1v) is 9.14. The van der Waals surface area contributed by atoms with Crippen LogP contribution in [0, 0.1) is 10.1 Å². The quantitative estimate of drug-likeness (QED) is 0.386. The molecule has 0 aliphatic carbocycles. The van der Waals surface area contributed by atoms with Crippen LogP contribution in [0.1, 0.15) is 27.0 Å². The minimum absolute atomic E-state index is 0.108. The molecule has 0 saturated carbocycles. The number of aromatic nitrogens is 1. The molecule has 0 aliphatic rings. The summed E-state index contributed by atoms with van der Waals surface area (Å²) >= 11 is 2.03. The van der Waals surface area contributed by atoms with Gasteiger partial charge in [0.25, 0.3) is 5.91 Å². The number of thiophene rings is 1. The number of rotatable bonds is 4. The molecule has 0 bridgehead atoms. The molecule has 2 aromatic heterocycles. The van der Waals surface area contributed by atoms with Crippen LogP contribution in [0.5, 0.6) is 0 Å². The maximum atomic E-state index is 12.3. The fourth-order valence-corrected chi connectivity index (χ4v) is 4.03. The number of esters is 1. The summed E-state index contributed by atoms with van der Waals surface area (Å²) in [5.41, 5.74) is 1.24. The van der Waals surface area contributed by atoms with E-state index in [-0.39, 0.29) is 16.5 Å². The largest absolute Gasteiger partial charge is 0.462 e. The van der Waals surface area contributed by atoms with Crippen molar-refractivity contribution in [2.24, 2.45) is 12.0 Å². The summed E-state index contributed by atoms with van der Waals surface area (Å²) in [6.07, 6.45) is 0. The van der Waals surface area contributed by atoms with Gasteiger partial charge in [0.05, 0.1) is 27.3 Å². The molecule has 0 radical (unpaired) electrons. The highest BCUT2D eigenvalue weighted by Crippen LogP contribution is 2.24. The lowest BCUT2D eigenvalue weighted by molar-refractivity contribution is -0.380. The number of amides is 1. The normalized spacial score (nSPS) is 11.7. The fourth-order valence-electron chi connectivity index (χ4n) is 2.26. The van der Waals surface area contributed by atoms with Gasteiger partial charge in [-0.15, -0.1) is 0 Å². The van der Waals surface area contributed by atoms with Gasteiger partial charge in [0.2, 0.25) is 0 Å². The summed E-state index contributed by atoms with van der Waals surface area (Å²) < 4.78 is 7.50. The highest BCUT2D eigenvalue weighted by Gasteiger charge is 2.16. The number of nitrogens with zero attached hydrogens (tertiary/aromatic N) is 3. The summed E-state index contributed by atoms with van der Waals surface area (Å²) in [4.78, 5) is 39.0. The van der Waals surface area contributed by atoms with E-state index in [2.05, 4.69) is 4.99 Å². The molecule has 0 atom stereocenters. The minimum Gasteiger partial charge on any atom is -0.462 e. The van der Waals surface area contributed by atoms with E-state index in [4.69, 9.17) is 4.74 Å². The lowest BCUT2D eigenvalue weighted by atomic mass is 10.2. The molecule has 0 unspecified atom stereocenters. The maximum absolute atomic E-state index is 12.3. The standard InChI is InChI=1S/C16H13N3O5S2/c1-3-24-15(21)9-4-5-10-12(8-9)26-16(18(10)2)17-14(20)11-6-7-13(25-11)19(22)23/h4-8H,3H2,1-2H3. The van der Waals surface area contributed by atoms with Crippen LogP contribution in [0.25, 0.3) is 10.2 Å². The molecule has 3 aromatic rings. The van der Waals surface area contributed by atoms with Crippen LogP contribution >= 0.6 is 22.7 Å². The summed E-state index contributed by atoms with van der Waals surface area (Å²) in [5, 5.41) is 10.6. The monoisotopic (exact) mass is 391 g/mol. The van der Waals surface area contributed by atoms with Crippen LogP contribution in [0.3, 0.4) is 0 Å². The van der Waals surface area contributed by atoms with E-state index in [1.165, 1.54) is 23.5 Å². The van der Waals surface area contributed by atoms with Crippen LogP contribution in [0.4, 0.5) is 5.00 Å². The third kappa shape index (κ3) is 3.41. The second kappa shape index (κ2) is 7.18. The van der Waals surface area contributed by atoms with Gasteiger partial charge in [-0.2, -0.15) is 4.99 Å². The Morgan fingerprint density at radius 2 is 2.04 bits per heavy atom. The van der Waals surface area contributed by atoms with Crippen molar-refractivity contribution in [2.45, 2.75) is 6.92 Å². The summed E-state index contributed by atoms with van der Waals surface area (Å²) in [6, 6.07) is 7.78. The van der Waals surface area contributed by atoms with Crippen molar-refractivity contribution in [1.82, 2.24) is 4.57 Å². The molecule has 0 spiro atoms. The highest BCUT2D eigenvalue weighted by atomic mass is 32.1. The Hall–Kier alpha value is -2.85. The summed E-state index contributed by atoms with van der Waals surface area (Å²) in [7, 11) is 1.76. The van der Waals surface area contributed by atoms with E-state index in [0.29, 0.717) is 10.4 Å². The summed E-state index contributed by atoms with van der Waals surface area (Å²) in [6.45, 7) is 2.02. The van der Waals surface area contributed by atoms with Gasteiger partial charge < -0.3 is 9.30 Å². The molecule has 134 valence electrons. The zero-order chi connectivity index (χ0) is 18.8. The second-order valence-corrected chi connectivity index (χ2v) is 7.23. The number of thiazole rings is 1.